The molecule has 2 aromatic carbocycles. The summed E-state index contributed by atoms with van der Waals surface area (Å²) >= 11 is 6.25. The zero-order valence-corrected chi connectivity index (χ0v) is 19.8. The molecule has 3 N–H and O–H groups in total. The maximum atomic E-state index is 12.9. The van der Waals surface area contributed by atoms with Crippen molar-refractivity contribution in [1.82, 2.24) is 9.78 Å². The fourth-order valence-corrected chi connectivity index (χ4v) is 5.64. The molecule has 0 saturated heterocycles. The van der Waals surface area contributed by atoms with Gasteiger partial charge in [-0.15, -0.1) is 0 Å². The van der Waals surface area contributed by atoms with Gasteiger partial charge in [-0.2, -0.15) is 0 Å². The number of hydrogen-bond acceptors (Lipinski definition) is 4. The van der Waals surface area contributed by atoms with Gasteiger partial charge in [0.2, 0.25) is 0 Å². The molecule has 2 aliphatic rings. The molecule has 3 aromatic rings. The minimum atomic E-state index is -0.880. The van der Waals surface area contributed by atoms with E-state index in [1.54, 1.807) is 7.05 Å². The van der Waals surface area contributed by atoms with Gasteiger partial charge in [-0.05, 0) is 29.3 Å². The number of fused-ring (bicyclic) bond motifs is 1. The van der Waals surface area contributed by atoms with E-state index in [1.165, 1.54) is 4.68 Å². The standard InChI is InChI=1S/C26H28ClN3O3/c1-26(2)17-12-15(27)10-11-18(17)29(3)19(26)13-16-23(31)21(24(16)32)20-22(28-30(4)25(20)33)14-8-6-5-7-9-14/h5-13,16,21,23-24,28,31-32H,1-4H3. The number of rotatable bonds is 3. The molecule has 1 saturated carbocycles. The number of aliphatic hydroxyl groups is 2. The van der Waals surface area contributed by atoms with Crippen molar-refractivity contribution in [3.05, 3.63) is 86.8 Å². The van der Waals surface area contributed by atoms with E-state index in [2.05, 4.69) is 23.8 Å². The van der Waals surface area contributed by atoms with Crippen LogP contribution in [0.15, 0.2) is 65.1 Å². The van der Waals surface area contributed by atoms with Crippen molar-refractivity contribution in [3.8, 4) is 11.3 Å². The van der Waals surface area contributed by atoms with Crippen molar-refractivity contribution in [2.24, 2.45) is 13.0 Å². The van der Waals surface area contributed by atoms with Gasteiger partial charge in [0.25, 0.3) is 5.56 Å². The van der Waals surface area contributed by atoms with Gasteiger partial charge in [-0.1, -0.05) is 61.9 Å². The van der Waals surface area contributed by atoms with E-state index in [0.29, 0.717) is 16.3 Å². The van der Waals surface area contributed by atoms with Crippen LogP contribution in [0.5, 0.6) is 0 Å². The first-order valence-electron chi connectivity index (χ1n) is 11.1. The van der Waals surface area contributed by atoms with E-state index in [9.17, 15) is 15.0 Å². The van der Waals surface area contributed by atoms with Crippen LogP contribution in [0.4, 0.5) is 5.69 Å². The first-order valence-corrected chi connectivity index (χ1v) is 11.5. The Morgan fingerprint density at radius 2 is 1.73 bits per heavy atom. The fourth-order valence-electron chi connectivity index (χ4n) is 5.47. The number of benzene rings is 2. The number of H-pyrrole nitrogens is 1. The third kappa shape index (κ3) is 3.20. The molecule has 7 heteroatoms. The Kier molecular flexibility index (Phi) is 5.08. The Morgan fingerprint density at radius 3 is 2.39 bits per heavy atom. The first kappa shape index (κ1) is 22.0. The van der Waals surface area contributed by atoms with Crippen LogP contribution in [0, 0.1) is 5.92 Å². The minimum Gasteiger partial charge on any atom is -0.392 e. The third-order valence-electron chi connectivity index (χ3n) is 7.35. The maximum Gasteiger partial charge on any atom is 0.270 e. The number of aromatic amines is 1. The molecule has 6 nitrogen and oxygen atoms in total. The molecule has 0 bridgehead atoms. The van der Waals surface area contributed by atoms with Crippen LogP contribution in [-0.2, 0) is 12.5 Å². The average molecular weight is 466 g/mol. The summed E-state index contributed by atoms with van der Waals surface area (Å²) in [7, 11) is 3.63. The van der Waals surface area contributed by atoms with Gasteiger partial charge in [0.1, 0.15) is 0 Å². The maximum absolute atomic E-state index is 12.9. The van der Waals surface area contributed by atoms with Crippen molar-refractivity contribution in [1.29, 1.82) is 0 Å². The third-order valence-corrected chi connectivity index (χ3v) is 7.58. The van der Waals surface area contributed by atoms with Crippen LogP contribution < -0.4 is 10.5 Å². The van der Waals surface area contributed by atoms with Gasteiger partial charge in [-0.25, -0.2) is 0 Å². The zero-order chi connectivity index (χ0) is 23.7. The van der Waals surface area contributed by atoms with E-state index in [4.69, 9.17) is 11.6 Å². The molecule has 2 heterocycles. The van der Waals surface area contributed by atoms with Gasteiger partial charge >= 0.3 is 0 Å². The first-order chi connectivity index (χ1) is 15.6. The monoisotopic (exact) mass is 465 g/mol. The predicted octanol–water partition coefficient (Wildman–Crippen LogP) is 3.78. The molecule has 172 valence electrons. The lowest BCUT2D eigenvalue weighted by molar-refractivity contribution is -0.0948. The smallest absolute Gasteiger partial charge is 0.270 e. The number of nitrogens with one attached hydrogen (secondary N) is 1. The normalized spacial score (nSPS) is 27.0. The Balaban J connectivity index is 1.51. The Hall–Kier alpha value is -2.80. The molecule has 0 spiro atoms. The average Bonchev–Trinajstić information content (AvgIpc) is 3.17. The van der Waals surface area contributed by atoms with Gasteiger partial charge in [-0.3, -0.25) is 14.6 Å². The van der Waals surface area contributed by atoms with E-state index in [-0.39, 0.29) is 11.0 Å². The summed E-state index contributed by atoms with van der Waals surface area (Å²) in [6, 6.07) is 15.3. The highest BCUT2D eigenvalue weighted by Crippen LogP contribution is 2.51. The molecular weight excluding hydrogens is 438 g/mol. The largest absolute Gasteiger partial charge is 0.392 e. The number of aromatic nitrogens is 2. The van der Waals surface area contributed by atoms with Gasteiger partial charge in [0.15, 0.2) is 0 Å². The lowest BCUT2D eigenvalue weighted by Crippen LogP contribution is -2.54. The molecule has 1 aromatic heterocycles. The molecule has 0 amide bonds. The van der Waals surface area contributed by atoms with Gasteiger partial charge in [0.05, 0.1) is 23.5 Å². The second-order valence-electron chi connectivity index (χ2n) is 9.61. The summed E-state index contributed by atoms with van der Waals surface area (Å²) in [6.07, 6.45) is 0.198. The quantitative estimate of drug-likeness (QED) is 0.550. The highest BCUT2D eigenvalue weighted by Gasteiger charge is 2.52. The number of likely N-dealkylation sites (N-methyl/N-ethyl adjacent to an activating group) is 1. The highest BCUT2D eigenvalue weighted by molar-refractivity contribution is 6.30. The lowest BCUT2D eigenvalue weighted by Gasteiger charge is -2.45. The number of hydrogen-bond donors (Lipinski definition) is 3. The molecule has 33 heavy (non-hydrogen) atoms. The van der Waals surface area contributed by atoms with Crippen LogP contribution in [0.25, 0.3) is 11.3 Å². The van der Waals surface area contributed by atoms with Gasteiger partial charge in [0, 0.05) is 47.8 Å². The van der Waals surface area contributed by atoms with Gasteiger partial charge < -0.3 is 15.1 Å². The van der Waals surface area contributed by atoms with Crippen LogP contribution in [-0.4, -0.2) is 39.2 Å². The van der Waals surface area contributed by atoms with E-state index in [1.807, 2.05) is 61.7 Å². The molecule has 5 rings (SSSR count). The number of nitrogens with zero attached hydrogens (tertiary/aromatic N) is 2. The van der Waals surface area contributed by atoms with E-state index >= 15 is 0 Å². The number of aryl methyl sites for hydroxylation is 1. The van der Waals surface area contributed by atoms with E-state index in [0.717, 1.165) is 22.5 Å². The van der Waals surface area contributed by atoms with Crippen molar-refractivity contribution in [2.75, 3.05) is 11.9 Å². The Morgan fingerprint density at radius 1 is 1.06 bits per heavy atom. The van der Waals surface area contributed by atoms with Crippen LogP contribution in [0.2, 0.25) is 5.02 Å². The lowest BCUT2D eigenvalue weighted by atomic mass is 9.64. The second-order valence-corrected chi connectivity index (χ2v) is 10.0. The van der Waals surface area contributed by atoms with Crippen molar-refractivity contribution >= 4 is 17.3 Å². The molecule has 1 aliphatic heterocycles. The van der Waals surface area contributed by atoms with Crippen LogP contribution >= 0.6 is 11.6 Å². The summed E-state index contributed by atoms with van der Waals surface area (Å²) in [6.45, 7) is 4.23. The summed E-state index contributed by atoms with van der Waals surface area (Å²) in [5, 5.41) is 26.1. The van der Waals surface area contributed by atoms with Crippen molar-refractivity contribution in [2.45, 2.75) is 37.4 Å². The number of anilines is 1. The number of aliphatic hydroxyl groups excluding tert-OH is 2. The summed E-state index contributed by atoms with van der Waals surface area (Å²) < 4.78 is 1.40. The topological polar surface area (TPSA) is 81.5 Å². The Bertz CT molecular complexity index is 1300. The SMILES string of the molecule is CN1C(=CC2C(O)C(c3c(-c4ccccc4)[nH]n(C)c3=O)C2O)C(C)(C)c2cc(Cl)ccc21. The molecule has 0 radical (unpaired) electrons. The molecule has 2 atom stereocenters. The summed E-state index contributed by atoms with van der Waals surface area (Å²) in [4.78, 5) is 15.0. The van der Waals surface area contributed by atoms with Crippen molar-refractivity contribution < 1.29 is 10.2 Å². The highest BCUT2D eigenvalue weighted by atomic mass is 35.5. The number of halogens is 1. The second kappa shape index (κ2) is 7.62. The van der Waals surface area contributed by atoms with Crippen LogP contribution in [0.1, 0.15) is 30.9 Å². The predicted molar refractivity (Wildman–Crippen MR) is 131 cm³/mol. The fraction of sp³-hybridized carbons (Fsp3) is 0.346. The number of allylic oxidation sites excluding steroid dienone is 1. The molecule has 1 fully saturated rings. The molecule has 1 aliphatic carbocycles. The Labute approximate surface area is 197 Å². The van der Waals surface area contributed by atoms with Crippen LogP contribution in [0.3, 0.4) is 0 Å². The summed E-state index contributed by atoms with van der Waals surface area (Å²) in [5.41, 5.74) is 4.49. The summed E-state index contributed by atoms with van der Waals surface area (Å²) in [5.74, 6) is -1.15. The van der Waals surface area contributed by atoms with E-state index < -0.39 is 24.0 Å². The zero-order valence-electron chi connectivity index (χ0n) is 19.1. The minimum absolute atomic E-state index is 0.233. The molecule has 2 unspecified atom stereocenters. The molecular formula is C26H28ClN3O3. The van der Waals surface area contributed by atoms with Crippen molar-refractivity contribution in [3.63, 3.8) is 0 Å².